The van der Waals surface area contributed by atoms with Crippen molar-refractivity contribution in [1.82, 2.24) is 5.43 Å². The summed E-state index contributed by atoms with van der Waals surface area (Å²) in [6.45, 7) is 4.34. The molecule has 0 aliphatic carbocycles. The van der Waals surface area contributed by atoms with Crippen molar-refractivity contribution in [3.8, 4) is 0 Å². The molecule has 0 aromatic rings. The van der Waals surface area contributed by atoms with Crippen LogP contribution in [0.3, 0.4) is 0 Å². The molecule has 0 rings (SSSR count). The Morgan fingerprint density at radius 3 is 2.17 bits per heavy atom. The van der Waals surface area contributed by atoms with Gasteiger partial charge in [-0.3, -0.25) is 11.3 Å². The van der Waals surface area contributed by atoms with Crippen LogP contribution in [0.5, 0.6) is 0 Å². The summed E-state index contributed by atoms with van der Waals surface area (Å²) in [5.41, 5.74) is 2.74. The molecule has 4 heteroatoms. The van der Waals surface area contributed by atoms with Gasteiger partial charge in [-0.25, -0.2) is 0 Å². The largest absolute Gasteiger partial charge is 0.271 e. The quantitative estimate of drug-likeness (QED) is 0.407. The normalized spacial score (nSPS) is 11.2. The summed E-state index contributed by atoms with van der Waals surface area (Å²) >= 11 is 0. The highest BCUT2D eigenvalue weighted by Gasteiger charge is 1.96. The van der Waals surface area contributed by atoms with E-state index in [4.69, 9.17) is 5.84 Å². The van der Waals surface area contributed by atoms with Gasteiger partial charge < -0.3 is 0 Å². The molecule has 0 fully saturated rings. The molecule has 0 bridgehead atoms. The van der Waals surface area contributed by atoms with Crippen LogP contribution < -0.4 is 11.3 Å². The van der Waals surface area contributed by atoms with Crippen LogP contribution in [-0.4, -0.2) is 6.04 Å². The van der Waals surface area contributed by atoms with Crippen molar-refractivity contribution in [2.45, 2.75) is 52.0 Å². The standard InChI is InChI=1S/C8H20N2.2ClH/c1-3-4-5-6-7-8(2)10-9;;/h8,10H,3-7,9H2,1-2H3;2*1H. The minimum absolute atomic E-state index is 0. The fourth-order valence-electron chi connectivity index (χ4n) is 0.961. The molecule has 0 saturated heterocycles. The van der Waals surface area contributed by atoms with Crippen LogP contribution in [0.1, 0.15) is 46.0 Å². The Morgan fingerprint density at radius 1 is 1.17 bits per heavy atom. The molecule has 0 aromatic carbocycles. The molecule has 78 valence electrons. The summed E-state index contributed by atoms with van der Waals surface area (Å²) in [6.07, 6.45) is 6.53. The van der Waals surface area contributed by atoms with E-state index in [-0.39, 0.29) is 24.8 Å². The number of hydrogen-bond donors (Lipinski definition) is 2. The summed E-state index contributed by atoms with van der Waals surface area (Å²) in [6, 6.07) is 0.483. The smallest absolute Gasteiger partial charge is 0.0182 e. The molecular weight excluding hydrogens is 195 g/mol. The first-order valence-electron chi connectivity index (χ1n) is 4.27. The monoisotopic (exact) mass is 216 g/mol. The molecule has 12 heavy (non-hydrogen) atoms. The van der Waals surface area contributed by atoms with Crippen molar-refractivity contribution < 1.29 is 0 Å². The Labute approximate surface area is 88.5 Å². The van der Waals surface area contributed by atoms with E-state index in [2.05, 4.69) is 19.3 Å². The predicted molar refractivity (Wildman–Crippen MR) is 60.0 cm³/mol. The molecule has 3 N–H and O–H groups in total. The van der Waals surface area contributed by atoms with Gasteiger partial charge in [0.1, 0.15) is 0 Å². The second-order valence-corrected chi connectivity index (χ2v) is 2.92. The zero-order chi connectivity index (χ0) is 7.82. The van der Waals surface area contributed by atoms with Crippen LogP contribution in [0.15, 0.2) is 0 Å². The number of nitrogens with one attached hydrogen (secondary N) is 1. The van der Waals surface area contributed by atoms with E-state index in [1.807, 2.05) is 0 Å². The lowest BCUT2D eigenvalue weighted by molar-refractivity contribution is 0.495. The number of halogens is 2. The van der Waals surface area contributed by atoms with E-state index in [1.165, 1.54) is 32.1 Å². The number of hydrogen-bond acceptors (Lipinski definition) is 2. The van der Waals surface area contributed by atoms with E-state index in [9.17, 15) is 0 Å². The van der Waals surface area contributed by atoms with Crippen molar-refractivity contribution in [3.05, 3.63) is 0 Å². The average molecular weight is 217 g/mol. The van der Waals surface area contributed by atoms with Gasteiger partial charge in [-0.15, -0.1) is 24.8 Å². The Kier molecular flexibility index (Phi) is 21.4. The molecule has 0 amide bonds. The molecule has 1 unspecified atom stereocenters. The molecule has 0 heterocycles. The zero-order valence-electron chi connectivity index (χ0n) is 8.01. The fraction of sp³-hybridized carbons (Fsp3) is 1.00. The molecule has 0 aliphatic rings. The third-order valence-electron chi connectivity index (χ3n) is 1.78. The van der Waals surface area contributed by atoms with Crippen LogP contribution in [-0.2, 0) is 0 Å². The number of hydrazine groups is 1. The van der Waals surface area contributed by atoms with Gasteiger partial charge in [-0.1, -0.05) is 32.6 Å². The van der Waals surface area contributed by atoms with Gasteiger partial charge in [0.25, 0.3) is 0 Å². The maximum Gasteiger partial charge on any atom is 0.0182 e. The summed E-state index contributed by atoms with van der Waals surface area (Å²) in [7, 11) is 0. The maximum atomic E-state index is 5.24. The summed E-state index contributed by atoms with van der Waals surface area (Å²) in [4.78, 5) is 0. The van der Waals surface area contributed by atoms with Gasteiger partial charge in [0, 0.05) is 6.04 Å². The van der Waals surface area contributed by atoms with Gasteiger partial charge in [-0.2, -0.15) is 0 Å². The first kappa shape index (κ1) is 18.3. The van der Waals surface area contributed by atoms with Crippen molar-refractivity contribution in [2.75, 3.05) is 0 Å². The number of unbranched alkanes of at least 4 members (excludes halogenated alkanes) is 3. The van der Waals surface area contributed by atoms with Gasteiger partial charge in [-0.05, 0) is 13.3 Å². The van der Waals surface area contributed by atoms with Crippen molar-refractivity contribution in [2.24, 2.45) is 5.84 Å². The Morgan fingerprint density at radius 2 is 1.75 bits per heavy atom. The lowest BCUT2D eigenvalue weighted by Crippen LogP contribution is -2.32. The predicted octanol–water partition coefficient (Wildman–Crippen LogP) is 2.65. The molecular formula is C8H22Cl2N2. The minimum Gasteiger partial charge on any atom is -0.271 e. The molecule has 2 nitrogen and oxygen atoms in total. The summed E-state index contributed by atoms with van der Waals surface area (Å²) in [5, 5.41) is 0. The van der Waals surface area contributed by atoms with Crippen molar-refractivity contribution >= 4 is 24.8 Å². The van der Waals surface area contributed by atoms with Gasteiger partial charge in [0.05, 0.1) is 0 Å². The molecule has 0 aliphatic heterocycles. The van der Waals surface area contributed by atoms with Gasteiger partial charge in [0.15, 0.2) is 0 Å². The molecule has 0 radical (unpaired) electrons. The maximum absolute atomic E-state index is 5.24. The van der Waals surface area contributed by atoms with E-state index >= 15 is 0 Å². The van der Waals surface area contributed by atoms with Crippen LogP contribution in [0.4, 0.5) is 0 Å². The average Bonchev–Trinajstić information content (AvgIpc) is 1.98. The van der Waals surface area contributed by atoms with E-state index in [0.29, 0.717) is 6.04 Å². The Hall–Kier alpha value is 0.500. The fourth-order valence-corrected chi connectivity index (χ4v) is 0.961. The second kappa shape index (κ2) is 14.0. The molecule has 0 spiro atoms. The molecule has 1 atom stereocenters. The number of rotatable bonds is 6. The Balaban J connectivity index is -0.000000405. The topological polar surface area (TPSA) is 38.0 Å². The van der Waals surface area contributed by atoms with E-state index in [0.717, 1.165) is 0 Å². The second-order valence-electron chi connectivity index (χ2n) is 2.92. The number of nitrogens with two attached hydrogens (primary N) is 1. The lowest BCUT2D eigenvalue weighted by atomic mass is 10.1. The first-order valence-corrected chi connectivity index (χ1v) is 4.27. The SMILES string of the molecule is CCCCCCC(C)NN.Cl.Cl. The highest BCUT2D eigenvalue weighted by molar-refractivity contribution is 5.85. The molecule has 0 aromatic heterocycles. The van der Waals surface area contributed by atoms with Gasteiger partial charge in [0.2, 0.25) is 0 Å². The lowest BCUT2D eigenvalue weighted by Gasteiger charge is -2.07. The highest BCUT2D eigenvalue weighted by Crippen LogP contribution is 2.03. The zero-order valence-corrected chi connectivity index (χ0v) is 9.64. The summed E-state index contributed by atoms with van der Waals surface area (Å²) in [5.74, 6) is 5.24. The Bertz CT molecular complexity index is 72.1. The third-order valence-corrected chi connectivity index (χ3v) is 1.78. The summed E-state index contributed by atoms with van der Waals surface area (Å²) < 4.78 is 0. The molecule has 0 saturated carbocycles. The van der Waals surface area contributed by atoms with Crippen LogP contribution in [0, 0.1) is 0 Å². The van der Waals surface area contributed by atoms with Crippen molar-refractivity contribution in [3.63, 3.8) is 0 Å². The third kappa shape index (κ3) is 13.1. The minimum atomic E-state index is 0. The van der Waals surface area contributed by atoms with E-state index < -0.39 is 0 Å². The first-order chi connectivity index (χ1) is 4.81. The van der Waals surface area contributed by atoms with Crippen LogP contribution >= 0.6 is 24.8 Å². The van der Waals surface area contributed by atoms with E-state index in [1.54, 1.807) is 0 Å². The van der Waals surface area contributed by atoms with Crippen LogP contribution in [0.25, 0.3) is 0 Å². The highest BCUT2D eigenvalue weighted by atomic mass is 35.5. The van der Waals surface area contributed by atoms with Crippen molar-refractivity contribution in [1.29, 1.82) is 0 Å². The van der Waals surface area contributed by atoms with Crippen LogP contribution in [0.2, 0.25) is 0 Å². The van der Waals surface area contributed by atoms with Gasteiger partial charge >= 0.3 is 0 Å².